The summed E-state index contributed by atoms with van der Waals surface area (Å²) in [6, 6.07) is 14.1. The molecule has 9 nitrogen and oxygen atoms in total. The molecule has 1 amide bonds. The van der Waals surface area contributed by atoms with E-state index >= 15 is 0 Å². The number of carbonyl (C=O) groups excluding carboxylic acids is 1. The highest BCUT2D eigenvalue weighted by molar-refractivity contribution is 6.30. The van der Waals surface area contributed by atoms with Crippen molar-refractivity contribution in [3.05, 3.63) is 65.3 Å². The van der Waals surface area contributed by atoms with Crippen molar-refractivity contribution >= 4 is 46.1 Å². The highest BCUT2D eigenvalue weighted by atomic mass is 35.5. The first-order chi connectivity index (χ1) is 16.1. The molecule has 0 bridgehead atoms. The minimum Gasteiger partial charge on any atom is -0.378 e. The number of halogens is 1. The molecule has 4 aromatic rings. The van der Waals surface area contributed by atoms with Gasteiger partial charge in [0.15, 0.2) is 17.0 Å². The molecule has 33 heavy (non-hydrogen) atoms. The van der Waals surface area contributed by atoms with Crippen molar-refractivity contribution in [1.82, 2.24) is 19.9 Å². The average molecular weight is 462 g/mol. The number of amides is 1. The van der Waals surface area contributed by atoms with Gasteiger partial charge in [0.05, 0.1) is 25.1 Å². The summed E-state index contributed by atoms with van der Waals surface area (Å²) < 4.78 is 5.44. The highest BCUT2D eigenvalue weighted by Gasteiger charge is 2.19. The molecule has 3 N–H and O–H groups in total. The fourth-order valence-electron chi connectivity index (χ4n) is 3.57. The Morgan fingerprint density at radius 2 is 1.73 bits per heavy atom. The number of hydrogen-bond acceptors (Lipinski definition) is 8. The van der Waals surface area contributed by atoms with Crippen LogP contribution >= 0.6 is 11.6 Å². The number of morpholine rings is 1. The Bertz CT molecular complexity index is 1310. The van der Waals surface area contributed by atoms with Gasteiger partial charge in [-0.05, 0) is 36.4 Å². The topological polar surface area (TPSA) is 119 Å². The van der Waals surface area contributed by atoms with Crippen molar-refractivity contribution in [3.63, 3.8) is 0 Å². The zero-order valence-electron chi connectivity index (χ0n) is 17.5. The molecule has 10 heteroatoms. The predicted octanol–water partition coefficient (Wildman–Crippen LogP) is 3.41. The number of ether oxygens (including phenoxy) is 1. The first-order valence-electron chi connectivity index (χ1n) is 10.4. The van der Waals surface area contributed by atoms with Gasteiger partial charge in [-0.25, -0.2) is 9.97 Å². The van der Waals surface area contributed by atoms with Crippen LogP contribution in [-0.4, -0.2) is 52.1 Å². The molecule has 0 aliphatic carbocycles. The fourth-order valence-corrected chi connectivity index (χ4v) is 3.70. The van der Waals surface area contributed by atoms with Crippen LogP contribution in [0.15, 0.2) is 54.7 Å². The van der Waals surface area contributed by atoms with E-state index in [9.17, 15) is 4.79 Å². The van der Waals surface area contributed by atoms with Crippen LogP contribution in [0.2, 0.25) is 5.02 Å². The molecule has 5 rings (SSSR count). The third-order valence-corrected chi connectivity index (χ3v) is 5.51. The SMILES string of the molecule is Nc1nc(N2CCOCC2)c2nc(-c3ccc(NC(=O)c4ccc(Cl)cc4)cc3)cnc2n1. The maximum atomic E-state index is 12.4. The second-order valence-electron chi connectivity index (χ2n) is 7.47. The number of hydrogen-bond donors (Lipinski definition) is 2. The summed E-state index contributed by atoms with van der Waals surface area (Å²) in [6.45, 7) is 2.61. The monoisotopic (exact) mass is 461 g/mol. The number of nitrogens with zero attached hydrogens (tertiary/aromatic N) is 5. The Kier molecular flexibility index (Phi) is 5.72. The van der Waals surface area contributed by atoms with E-state index in [1.165, 1.54) is 0 Å². The maximum absolute atomic E-state index is 12.4. The number of fused-ring (bicyclic) bond motifs is 1. The molecule has 166 valence electrons. The minimum absolute atomic E-state index is 0.159. The van der Waals surface area contributed by atoms with E-state index in [2.05, 4.69) is 25.2 Å². The third kappa shape index (κ3) is 4.55. The van der Waals surface area contributed by atoms with Gasteiger partial charge in [-0.3, -0.25) is 4.79 Å². The van der Waals surface area contributed by atoms with Gasteiger partial charge in [0.25, 0.3) is 5.91 Å². The van der Waals surface area contributed by atoms with Gasteiger partial charge in [0, 0.05) is 34.9 Å². The first-order valence-corrected chi connectivity index (χ1v) is 10.7. The molecule has 0 saturated carbocycles. The lowest BCUT2D eigenvalue weighted by molar-refractivity contribution is 0.102. The van der Waals surface area contributed by atoms with Crippen molar-refractivity contribution < 1.29 is 9.53 Å². The molecule has 1 saturated heterocycles. The van der Waals surface area contributed by atoms with Gasteiger partial charge in [-0.15, -0.1) is 0 Å². The summed E-state index contributed by atoms with van der Waals surface area (Å²) in [7, 11) is 0. The van der Waals surface area contributed by atoms with Crippen molar-refractivity contribution in [2.45, 2.75) is 0 Å². The number of nitrogen functional groups attached to an aromatic ring is 1. The van der Waals surface area contributed by atoms with E-state index in [1.807, 2.05) is 24.3 Å². The molecule has 0 unspecified atom stereocenters. The predicted molar refractivity (Wildman–Crippen MR) is 127 cm³/mol. The van der Waals surface area contributed by atoms with E-state index in [4.69, 9.17) is 27.1 Å². The molecule has 1 fully saturated rings. The minimum atomic E-state index is -0.213. The Morgan fingerprint density at radius 1 is 1.00 bits per heavy atom. The lowest BCUT2D eigenvalue weighted by atomic mass is 10.1. The van der Waals surface area contributed by atoms with Crippen LogP contribution < -0.4 is 16.0 Å². The van der Waals surface area contributed by atoms with E-state index in [0.29, 0.717) is 65.3 Å². The molecule has 0 atom stereocenters. The molecule has 2 aromatic carbocycles. The largest absolute Gasteiger partial charge is 0.378 e. The average Bonchev–Trinajstić information content (AvgIpc) is 2.84. The number of aromatic nitrogens is 4. The molecule has 3 heterocycles. The van der Waals surface area contributed by atoms with E-state index in [0.717, 1.165) is 5.56 Å². The van der Waals surface area contributed by atoms with Crippen LogP contribution in [0, 0.1) is 0 Å². The first kappa shape index (κ1) is 21.0. The highest BCUT2D eigenvalue weighted by Crippen LogP contribution is 2.26. The van der Waals surface area contributed by atoms with Crippen LogP contribution in [0.4, 0.5) is 17.5 Å². The van der Waals surface area contributed by atoms with Crippen LogP contribution in [0.25, 0.3) is 22.4 Å². The Morgan fingerprint density at radius 3 is 2.45 bits per heavy atom. The Hall–Kier alpha value is -3.82. The third-order valence-electron chi connectivity index (χ3n) is 5.26. The van der Waals surface area contributed by atoms with Gasteiger partial charge < -0.3 is 20.7 Å². The van der Waals surface area contributed by atoms with E-state index in [1.54, 1.807) is 30.5 Å². The lowest BCUT2D eigenvalue weighted by Crippen LogP contribution is -2.37. The summed E-state index contributed by atoms with van der Waals surface area (Å²) in [5.74, 6) is 0.601. The second kappa shape index (κ2) is 8.97. The van der Waals surface area contributed by atoms with E-state index in [-0.39, 0.29) is 11.9 Å². The molecule has 1 aliphatic rings. The maximum Gasteiger partial charge on any atom is 0.255 e. The zero-order valence-corrected chi connectivity index (χ0v) is 18.3. The molecule has 0 radical (unpaired) electrons. The van der Waals surface area contributed by atoms with Crippen LogP contribution in [0.5, 0.6) is 0 Å². The molecule has 0 spiro atoms. The quantitative estimate of drug-likeness (QED) is 0.474. The van der Waals surface area contributed by atoms with Gasteiger partial charge >= 0.3 is 0 Å². The van der Waals surface area contributed by atoms with Crippen molar-refractivity contribution in [2.24, 2.45) is 0 Å². The van der Waals surface area contributed by atoms with Gasteiger partial charge in [-0.2, -0.15) is 9.97 Å². The van der Waals surface area contributed by atoms with Gasteiger partial charge in [0.2, 0.25) is 5.95 Å². The number of anilines is 3. The number of benzene rings is 2. The zero-order chi connectivity index (χ0) is 22.8. The Labute approximate surface area is 194 Å². The number of rotatable bonds is 4. The van der Waals surface area contributed by atoms with Crippen molar-refractivity contribution in [2.75, 3.05) is 42.3 Å². The summed E-state index contributed by atoms with van der Waals surface area (Å²) in [5.41, 5.74) is 9.63. The van der Waals surface area contributed by atoms with Crippen molar-refractivity contribution in [1.29, 1.82) is 0 Å². The summed E-state index contributed by atoms with van der Waals surface area (Å²) in [6.07, 6.45) is 1.65. The summed E-state index contributed by atoms with van der Waals surface area (Å²) >= 11 is 5.89. The van der Waals surface area contributed by atoms with E-state index < -0.39 is 0 Å². The van der Waals surface area contributed by atoms with Crippen LogP contribution in [0.1, 0.15) is 10.4 Å². The smallest absolute Gasteiger partial charge is 0.255 e. The number of nitrogens with two attached hydrogens (primary N) is 1. The Balaban J connectivity index is 1.41. The van der Waals surface area contributed by atoms with Gasteiger partial charge in [-0.1, -0.05) is 23.7 Å². The van der Waals surface area contributed by atoms with Gasteiger partial charge in [0.1, 0.15) is 0 Å². The van der Waals surface area contributed by atoms with Crippen LogP contribution in [-0.2, 0) is 4.74 Å². The molecule has 2 aromatic heterocycles. The standard InChI is InChI=1S/C23H20ClN7O2/c24-16-5-1-15(2-6-16)22(32)27-17-7-3-14(4-8-17)18-13-26-20-19(28-18)21(30-23(25)29-20)31-9-11-33-12-10-31/h1-8,13H,9-12H2,(H,27,32)(H2,25,26,29,30). The molecule has 1 aliphatic heterocycles. The summed E-state index contributed by atoms with van der Waals surface area (Å²) in [5, 5.41) is 3.45. The number of nitrogens with one attached hydrogen (secondary N) is 1. The number of carbonyl (C=O) groups is 1. The lowest BCUT2D eigenvalue weighted by Gasteiger charge is -2.28. The fraction of sp³-hybridized carbons (Fsp3) is 0.174. The van der Waals surface area contributed by atoms with Crippen molar-refractivity contribution in [3.8, 4) is 11.3 Å². The summed E-state index contributed by atoms with van der Waals surface area (Å²) in [4.78, 5) is 32.4. The second-order valence-corrected chi connectivity index (χ2v) is 7.91. The normalized spacial score (nSPS) is 13.8. The molecular weight excluding hydrogens is 442 g/mol. The molecular formula is C23H20ClN7O2. The van der Waals surface area contributed by atoms with Crippen LogP contribution in [0.3, 0.4) is 0 Å².